The van der Waals surface area contributed by atoms with Gasteiger partial charge in [0.05, 0.1) is 6.61 Å². The molecule has 0 aliphatic carbocycles. The van der Waals surface area contributed by atoms with E-state index in [4.69, 9.17) is 16.2 Å². The molecule has 100 valence electrons. The van der Waals surface area contributed by atoms with Crippen LogP contribution in [0.3, 0.4) is 0 Å². The van der Waals surface area contributed by atoms with E-state index in [1.165, 1.54) is 6.33 Å². The van der Waals surface area contributed by atoms with E-state index in [0.29, 0.717) is 18.8 Å². The van der Waals surface area contributed by atoms with Crippen molar-refractivity contribution in [2.45, 2.75) is 32.7 Å². The number of carbonyl (C=O) groups excluding carboxylic acids is 1. The number of rotatable bonds is 6. The second-order valence-electron chi connectivity index (χ2n) is 4.05. The van der Waals surface area contributed by atoms with Gasteiger partial charge in [-0.2, -0.15) is 4.98 Å². The van der Waals surface area contributed by atoms with Crippen molar-refractivity contribution in [2.24, 2.45) is 5.73 Å². The topological polar surface area (TPSA) is 116 Å². The first-order chi connectivity index (χ1) is 8.44. The number of nitrogens with two attached hydrogens (primary N) is 2. The Morgan fingerprint density at radius 3 is 2.67 bits per heavy atom. The summed E-state index contributed by atoms with van der Waals surface area (Å²) in [5.74, 6) is 0.162. The first-order valence-electron chi connectivity index (χ1n) is 5.76. The maximum atomic E-state index is 11.4. The Labute approximate surface area is 106 Å². The Kier molecular flexibility index (Phi) is 4.30. The summed E-state index contributed by atoms with van der Waals surface area (Å²) in [4.78, 5) is 19.3. The summed E-state index contributed by atoms with van der Waals surface area (Å²) in [6.45, 7) is 5.81. The lowest BCUT2D eigenvalue weighted by Gasteiger charge is -2.27. The molecular weight excluding hydrogens is 234 g/mol. The number of nitrogens with one attached hydrogen (secondary N) is 1. The SMILES string of the molecule is CCOc1ncnc(NC(C)(CC)C(N)=O)c1N. The van der Waals surface area contributed by atoms with Crippen molar-refractivity contribution in [1.29, 1.82) is 0 Å². The van der Waals surface area contributed by atoms with E-state index in [0.717, 1.165) is 0 Å². The van der Waals surface area contributed by atoms with Crippen LogP contribution in [-0.4, -0.2) is 28.0 Å². The van der Waals surface area contributed by atoms with Gasteiger partial charge >= 0.3 is 0 Å². The lowest BCUT2D eigenvalue weighted by molar-refractivity contribution is -0.121. The molecule has 0 aliphatic rings. The lowest BCUT2D eigenvalue weighted by Crippen LogP contribution is -2.47. The van der Waals surface area contributed by atoms with Gasteiger partial charge in [0.2, 0.25) is 11.8 Å². The van der Waals surface area contributed by atoms with E-state index in [9.17, 15) is 4.79 Å². The Morgan fingerprint density at radius 1 is 1.50 bits per heavy atom. The highest BCUT2D eigenvalue weighted by atomic mass is 16.5. The monoisotopic (exact) mass is 253 g/mol. The molecular formula is C11H19N5O2. The molecule has 0 aromatic carbocycles. The first-order valence-corrected chi connectivity index (χ1v) is 5.76. The summed E-state index contributed by atoms with van der Waals surface area (Å²) < 4.78 is 5.25. The largest absolute Gasteiger partial charge is 0.476 e. The van der Waals surface area contributed by atoms with Crippen molar-refractivity contribution < 1.29 is 9.53 Å². The van der Waals surface area contributed by atoms with Crippen molar-refractivity contribution in [2.75, 3.05) is 17.7 Å². The Hall–Kier alpha value is -2.05. The quantitative estimate of drug-likeness (QED) is 0.680. The number of anilines is 2. The highest BCUT2D eigenvalue weighted by molar-refractivity contribution is 5.88. The van der Waals surface area contributed by atoms with Gasteiger partial charge in [-0.3, -0.25) is 4.79 Å². The maximum Gasteiger partial charge on any atom is 0.242 e. The van der Waals surface area contributed by atoms with Crippen molar-refractivity contribution in [1.82, 2.24) is 9.97 Å². The molecule has 1 atom stereocenters. The summed E-state index contributed by atoms with van der Waals surface area (Å²) in [5, 5.41) is 2.94. The zero-order valence-electron chi connectivity index (χ0n) is 10.9. The van der Waals surface area contributed by atoms with Gasteiger partial charge in [-0.15, -0.1) is 0 Å². The van der Waals surface area contributed by atoms with E-state index in [1.54, 1.807) is 6.92 Å². The van der Waals surface area contributed by atoms with Gasteiger partial charge in [-0.05, 0) is 20.3 Å². The number of ether oxygens (including phenoxy) is 1. The minimum Gasteiger partial charge on any atom is -0.476 e. The molecule has 1 heterocycles. The van der Waals surface area contributed by atoms with E-state index in [2.05, 4.69) is 15.3 Å². The molecule has 0 bridgehead atoms. The van der Waals surface area contributed by atoms with Crippen LogP contribution in [0.2, 0.25) is 0 Å². The molecule has 1 aromatic rings. The summed E-state index contributed by atoms with van der Waals surface area (Å²) >= 11 is 0. The normalized spacial score (nSPS) is 13.7. The van der Waals surface area contributed by atoms with Gasteiger partial charge in [-0.1, -0.05) is 6.92 Å². The second-order valence-corrected chi connectivity index (χ2v) is 4.05. The third-order valence-electron chi connectivity index (χ3n) is 2.77. The highest BCUT2D eigenvalue weighted by Gasteiger charge is 2.30. The van der Waals surface area contributed by atoms with Crippen molar-refractivity contribution in [3.8, 4) is 5.88 Å². The summed E-state index contributed by atoms with van der Waals surface area (Å²) in [7, 11) is 0. The predicted molar refractivity (Wildman–Crippen MR) is 69.1 cm³/mol. The van der Waals surface area contributed by atoms with Crippen LogP contribution < -0.4 is 21.5 Å². The number of amides is 1. The molecule has 0 saturated heterocycles. The van der Waals surface area contributed by atoms with Crippen LogP contribution in [0.25, 0.3) is 0 Å². The number of primary amides is 1. The lowest BCUT2D eigenvalue weighted by atomic mass is 9.98. The predicted octanol–water partition coefficient (Wildman–Crippen LogP) is 0.523. The molecule has 7 nitrogen and oxygen atoms in total. The third kappa shape index (κ3) is 2.79. The molecule has 7 heteroatoms. The van der Waals surface area contributed by atoms with E-state index in [-0.39, 0.29) is 11.6 Å². The fourth-order valence-corrected chi connectivity index (χ4v) is 1.32. The molecule has 1 rings (SSSR count). The summed E-state index contributed by atoms with van der Waals surface area (Å²) in [6.07, 6.45) is 1.83. The van der Waals surface area contributed by atoms with E-state index in [1.807, 2.05) is 13.8 Å². The molecule has 0 saturated carbocycles. The summed E-state index contributed by atoms with van der Waals surface area (Å²) in [5.41, 5.74) is 10.6. The number of nitrogen functional groups attached to an aromatic ring is 1. The van der Waals surface area contributed by atoms with Crippen LogP contribution >= 0.6 is 0 Å². The van der Waals surface area contributed by atoms with Crippen LogP contribution in [0.4, 0.5) is 11.5 Å². The molecule has 1 aromatic heterocycles. The number of hydrogen-bond donors (Lipinski definition) is 3. The van der Waals surface area contributed by atoms with Gasteiger partial charge < -0.3 is 21.5 Å². The Balaban J connectivity index is 3.04. The van der Waals surface area contributed by atoms with Crippen LogP contribution in [-0.2, 0) is 4.79 Å². The van der Waals surface area contributed by atoms with Crippen molar-refractivity contribution in [3.05, 3.63) is 6.33 Å². The van der Waals surface area contributed by atoms with Crippen LogP contribution in [0, 0.1) is 0 Å². The van der Waals surface area contributed by atoms with Crippen LogP contribution in [0.15, 0.2) is 6.33 Å². The number of aromatic nitrogens is 2. The standard InChI is InChI=1S/C11H19N5O2/c1-4-11(3,10(13)17)16-8-7(12)9(18-5-2)15-6-14-8/h6H,4-5,12H2,1-3H3,(H2,13,17)(H,14,15,16). The minimum absolute atomic E-state index is 0.264. The molecule has 0 aliphatic heterocycles. The van der Waals surface area contributed by atoms with Gasteiger partial charge in [0.25, 0.3) is 0 Å². The van der Waals surface area contributed by atoms with Gasteiger partial charge in [0, 0.05) is 0 Å². The maximum absolute atomic E-state index is 11.4. The van der Waals surface area contributed by atoms with Gasteiger partial charge in [-0.25, -0.2) is 4.98 Å². The fraction of sp³-hybridized carbons (Fsp3) is 0.545. The number of hydrogen-bond acceptors (Lipinski definition) is 6. The first kappa shape index (κ1) is 14.0. The Bertz CT molecular complexity index is 437. The van der Waals surface area contributed by atoms with Crippen LogP contribution in [0.5, 0.6) is 5.88 Å². The van der Waals surface area contributed by atoms with Crippen LogP contribution in [0.1, 0.15) is 27.2 Å². The highest BCUT2D eigenvalue weighted by Crippen LogP contribution is 2.27. The minimum atomic E-state index is -0.911. The van der Waals surface area contributed by atoms with E-state index < -0.39 is 11.4 Å². The van der Waals surface area contributed by atoms with Crippen molar-refractivity contribution >= 4 is 17.4 Å². The van der Waals surface area contributed by atoms with E-state index >= 15 is 0 Å². The number of carbonyl (C=O) groups is 1. The van der Waals surface area contributed by atoms with Gasteiger partial charge in [0.15, 0.2) is 5.82 Å². The smallest absolute Gasteiger partial charge is 0.242 e. The zero-order chi connectivity index (χ0) is 13.8. The average molecular weight is 253 g/mol. The molecule has 1 unspecified atom stereocenters. The van der Waals surface area contributed by atoms with Gasteiger partial charge in [0.1, 0.15) is 17.6 Å². The fourth-order valence-electron chi connectivity index (χ4n) is 1.32. The zero-order valence-corrected chi connectivity index (χ0v) is 10.9. The molecule has 1 amide bonds. The van der Waals surface area contributed by atoms with Crippen molar-refractivity contribution in [3.63, 3.8) is 0 Å². The molecule has 0 radical (unpaired) electrons. The average Bonchev–Trinajstić information content (AvgIpc) is 2.34. The Morgan fingerprint density at radius 2 is 2.17 bits per heavy atom. The molecule has 0 spiro atoms. The second kappa shape index (κ2) is 5.52. The third-order valence-corrected chi connectivity index (χ3v) is 2.77. The molecule has 5 N–H and O–H groups in total. The molecule has 0 fully saturated rings. The summed E-state index contributed by atoms with van der Waals surface area (Å²) in [6, 6.07) is 0. The molecule has 18 heavy (non-hydrogen) atoms. The number of nitrogens with zero attached hydrogens (tertiary/aromatic N) is 2.